The highest BCUT2D eigenvalue weighted by molar-refractivity contribution is 5.98. The molecule has 0 bridgehead atoms. The van der Waals surface area contributed by atoms with Crippen molar-refractivity contribution in [2.24, 2.45) is 5.73 Å². The maximum Gasteiger partial charge on any atom is 0.416 e. The standard InChI is InChI=1S/C32H30F3NO2/c1-2-30(24-8-14-27(15-9-24)32(33,34)35)31(25-10-16-28(17-11-25)37-21-20-36)26-12-18-29(19-13-26)38-22-23-6-4-3-5-7-23/h3-19H,2,20-22,36H2,1H3. The van der Waals surface area contributed by atoms with Crippen LogP contribution in [0.3, 0.4) is 0 Å². The summed E-state index contributed by atoms with van der Waals surface area (Å²) in [7, 11) is 0. The van der Waals surface area contributed by atoms with Crippen molar-refractivity contribution < 1.29 is 22.6 Å². The molecule has 0 atom stereocenters. The van der Waals surface area contributed by atoms with Crippen molar-refractivity contribution in [1.82, 2.24) is 0 Å². The van der Waals surface area contributed by atoms with Gasteiger partial charge in [0.2, 0.25) is 0 Å². The van der Waals surface area contributed by atoms with E-state index in [0.717, 1.165) is 51.3 Å². The second-order valence-electron chi connectivity index (χ2n) is 8.74. The normalized spacial score (nSPS) is 12.1. The van der Waals surface area contributed by atoms with E-state index in [9.17, 15) is 13.2 Å². The molecule has 0 amide bonds. The number of nitrogens with two attached hydrogens (primary N) is 1. The second-order valence-corrected chi connectivity index (χ2v) is 8.74. The van der Waals surface area contributed by atoms with E-state index in [0.29, 0.717) is 31.9 Å². The lowest BCUT2D eigenvalue weighted by molar-refractivity contribution is -0.137. The van der Waals surface area contributed by atoms with E-state index in [2.05, 4.69) is 0 Å². The lowest BCUT2D eigenvalue weighted by Crippen LogP contribution is -2.10. The van der Waals surface area contributed by atoms with Gasteiger partial charge in [0.25, 0.3) is 0 Å². The topological polar surface area (TPSA) is 44.5 Å². The monoisotopic (exact) mass is 517 g/mol. The van der Waals surface area contributed by atoms with Crippen LogP contribution in [0.5, 0.6) is 11.5 Å². The average molecular weight is 518 g/mol. The van der Waals surface area contributed by atoms with Gasteiger partial charge in [0.15, 0.2) is 0 Å². The zero-order valence-corrected chi connectivity index (χ0v) is 21.2. The first-order valence-corrected chi connectivity index (χ1v) is 12.5. The minimum absolute atomic E-state index is 0.415. The molecule has 4 aromatic carbocycles. The largest absolute Gasteiger partial charge is 0.492 e. The molecular formula is C32H30F3NO2. The molecule has 4 rings (SSSR count). The minimum Gasteiger partial charge on any atom is -0.492 e. The van der Waals surface area contributed by atoms with Crippen LogP contribution in [-0.2, 0) is 12.8 Å². The SMILES string of the molecule is CCC(=C(c1ccc(OCCN)cc1)c1ccc(OCc2ccccc2)cc1)c1ccc(C(F)(F)F)cc1. The fraction of sp³-hybridized carbons (Fsp3) is 0.188. The molecule has 196 valence electrons. The fourth-order valence-electron chi connectivity index (χ4n) is 4.25. The molecule has 0 heterocycles. The molecule has 0 aliphatic carbocycles. The average Bonchev–Trinajstić information content (AvgIpc) is 2.94. The summed E-state index contributed by atoms with van der Waals surface area (Å²) in [4.78, 5) is 0. The summed E-state index contributed by atoms with van der Waals surface area (Å²) in [5.41, 5.74) is 10.4. The quantitative estimate of drug-likeness (QED) is 0.217. The zero-order chi connectivity index (χ0) is 27.0. The number of hydrogen-bond acceptors (Lipinski definition) is 3. The summed E-state index contributed by atoms with van der Waals surface area (Å²) in [5, 5.41) is 0. The van der Waals surface area contributed by atoms with E-state index >= 15 is 0 Å². The van der Waals surface area contributed by atoms with E-state index in [1.165, 1.54) is 12.1 Å². The van der Waals surface area contributed by atoms with Crippen LogP contribution in [0, 0.1) is 0 Å². The molecule has 0 saturated carbocycles. The highest BCUT2D eigenvalue weighted by Crippen LogP contribution is 2.37. The highest BCUT2D eigenvalue weighted by atomic mass is 19.4. The van der Waals surface area contributed by atoms with Crippen molar-refractivity contribution in [2.75, 3.05) is 13.2 Å². The molecule has 38 heavy (non-hydrogen) atoms. The van der Waals surface area contributed by atoms with Crippen molar-refractivity contribution in [1.29, 1.82) is 0 Å². The van der Waals surface area contributed by atoms with E-state index < -0.39 is 11.7 Å². The van der Waals surface area contributed by atoms with Gasteiger partial charge < -0.3 is 15.2 Å². The lowest BCUT2D eigenvalue weighted by Gasteiger charge is -2.18. The van der Waals surface area contributed by atoms with E-state index in [-0.39, 0.29) is 0 Å². The fourth-order valence-corrected chi connectivity index (χ4v) is 4.25. The molecule has 0 radical (unpaired) electrons. The second kappa shape index (κ2) is 12.5. The van der Waals surface area contributed by atoms with Crippen LogP contribution in [-0.4, -0.2) is 13.2 Å². The number of halogens is 3. The number of rotatable bonds is 10. The Morgan fingerprint density at radius 2 is 1.21 bits per heavy atom. The van der Waals surface area contributed by atoms with Gasteiger partial charge >= 0.3 is 6.18 Å². The third-order valence-electron chi connectivity index (χ3n) is 6.14. The first-order chi connectivity index (χ1) is 18.4. The van der Waals surface area contributed by atoms with Gasteiger partial charge in [-0.25, -0.2) is 0 Å². The van der Waals surface area contributed by atoms with Crippen LogP contribution in [0.25, 0.3) is 11.1 Å². The molecule has 0 saturated heterocycles. The van der Waals surface area contributed by atoms with Crippen LogP contribution in [0.4, 0.5) is 13.2 Å². The molecular weight excluding hydrogens is 487 g/mol. The zero-order valence-electron chi connectivity index (χ0n) is 21.2. The minimum atomic E-state index is -4.38. The number of alkyl halides is 3. The van der Waals surface area contributed by atoms with Gasteiger partial charge in [0.1, 0.15) is 24.7 Å². The molecule has 0 unspecified atom stereocenters. The Balaban J connectivity index is 1.71. The Labute approximate surface area is 221 Å². The number of benzene rings is 4. The molecule has 0 spiro atoms. The molecule has 0 aliphatic heterocycles. The third kappa shape index (κ3) is 6.84. The Bertz CT molecular complexity index is 1330. The summed E-state index contributed by atoms with van der Waals surface area (Å²) in [6.07, 6.45) is -3.76. The van der Waals surface area contributed by atoms with Crippen LogP contribution >= 0.6 is 0 Å². The smallest absolute Gasteiger partial charge is 0.416 e. The Kier molecular flexibility index (Phi) is 8.87. The highest BCUT2D eigenvalue weighted by Gasteiger charge is 2.30. The summed E-state index contributed by atoms with van der Waals surface area (Å²) in [6, 6.07) is 30.7. The summed E-state index contributed by atoms with van der Waals surface area (Å²) in [6.45, 7) is 3.29. The van der Waals surface area contributed by atoms with Crippen molar-refractivity contribution in [3.05, 3.63) is 131 Å². The van der Waals surface area contributed by atoms with Crippen LogP contribution in [0.15, 0.2) is 103 Å². The number of hydrogen-bond donors (Lipinski definition) is 1. The molecule has 0 aromatic heterocycles. The van der Waals surface area contributed by atoms with E-state index in [1.807, 2.05) is 85.8 Å². The van der Waals surface area contributed by atoms with Gasteiger partial charge in [-0.05, 0) is 76.2 Å². The van der Waals surface area contributed by atoms with Crippen LogP contribution < -0.4 is 15.2 Å². The maximum absolute atomic E-state index is 13.2. The van der Waals surface area contributed by atoms with Crippen LogP contribution in [0.1, 0.15) is 41.2 Å². The first-order valence-electron chi connectivity index (χ1n) is 12.5. The van der Waals surface area contributed by atoms with Crippen molar-refractivity contribution in [3.63, 3.8) is 0 Å². The molecule has 0 aliphatic rings. The first kappa shape index (κ1) is 27.0. The molecule has 2 N–H and O–H groups in total. The maximum atomic E-state index is 13.2. The molecule has 3 nitrogen and oxygen atoms in total. The molecule has 6 heteroatoms. The summed E-state index contributed by atoms with van der Waals surface area (Å²) in [5.74, 6) is 1.44. The van der Waals surface area contributed by atoms with Crippen molar-refractivity contribution in [3.8, 4) is 11.5 Å². The predicted octanol–water partition coefficient (Wildman–Crippen LogP) is 7.99. The van der Waals surface area contributed by atoms with E-state index in [1.54, 1.807) is 0 Å². The van der Waals surface area contributed by atoms with Gasteiger partial charge in [-0.3, -0.25) is 0 Å². The summed E-state index contributed by atoms with van der Waals surface area (Å²) < 4.78 is 51.1. The number of ether oxygens (including phenoxy) is 2. The third-order valence-corrected chi connectivity index (χ3v) is 6.14. The van der Waals surface area contributed by atoms with Crippen molar-refractivity contribution >= 4 is 11.1 Å². The molecule has 4 aromatic rings. The van der Waals surface area contributed by atoms with Crippen molar-refractivity contribution in [2.45, 2.75) is 26.1 Å². The Morgan fingerprint density at radius 3 is 1.71 bits per heavy atom. The van der Waals surface area contributed by atoms with Gasteiger partial charge in [-0.2, -0.15) is 13.2 Å². The van der Waals surface area contributed by atoms with E-state index in [4.69, 9.17) is 15.2 Å². The van der Waals surface area contributed by atoms with Gasteiger partial charge in [-0.1, -0.05) is 73.7 Å². The van der Waals surface area contributed by atoms with Crippen LogP contribution in [0.2, 0.25) is 0 Å². The lowest BCUT2D eigenvalue weighted by atomic mass is 9.88. The van der Waals surface area contributed by atoms with Gasteiger partial charge in [0.05, 0.1) is 5.56 Å². The Morgan fingerprint density at radius 1 is 0.684 bits per heavy atom. The summed E-state index contributed by atoms with van der Waals surface area (Å²) >= 11 is 0. The Hall–Kier alpha value is -4.03. The molecule has 0 fully saturated rings. The number of allylic oxidation sites excluding steroid dienone is 1. The predicted molar refractivity (Wildman–Crippen MR) is 146 cm³/mol. The van der Waals surface area contributed by atoms with Gasteiger partial charge in [-0.15, -0.1) is 0 Å². The van der Waals surface area contributed by atoms with Gasteiger partial charge in [0, 0.05) is 6.54 Å².